The van der Waals surface area contributed by atoms with Crippen LogP contribution in [0.15, 0.2) is 18.2 Å². The smallest absolute Gasteiger partial charge is 0.308 e. The minimum Gasteiger partial charge on any atom is -0.424 e. The van der Waals surface area contributed by atoms with Gasteiger partial charge in [0.1, 0.15) is 0 Å². The first-order chi connectivity index (χ1) is 9.43. The van der Waals surface area contributed by atoms with Gasteiger partial charge in [-0.05, 0) is 19.2 Å². The van der Waals surface area contributed by atoms with Crippen molar-refractivity contribution in [2.75, 3.05) is 37.9 Å². The number of hydrogen-bond acceptors (Lipinski definition) is 5. The molecule has 6 heteroatoms. The molecular weight excluding hydrogens is 258 g/mol. The van der Waals surface area contributed by atoms with E-state index in [0.29, 0.717) is 24.4 Å². The molecule has 110 valence electrons. The highest BCUT2D eigenvalue weighted by Gasteiger charge is 2.11. The standard InChI is InChI=1S/C14H21N3O3/c1-10(18)20-13-9-11(5-6-12(13)17(3)4)16-14(19)7-8-15-2/h5-6,9,15H,7-8H2,1-4H3,(H,16,19). The Hall–Kier alpha value is -2.08. The Balaban J connectivity index is 2.88. The van der Waals surface area contributed by atoms with Gasteiger partial charge in [-0.15, -0.1) is 0 Å². The second kappa shape index (κ2) is 7.49. The van der Waals surface area contributed by atoms with Crippen LogP contribution in [0, 0.1) is 0 Å². The van der Waals surface area contributed by atoms with Gasteiger partial charge in [0.15, 0.2) is 5.75 Å². The van der Waals surface area contributed by atoms with Gasteiger partial charge in [0.05, 0.1) is 5.69 Å². The number of amides is 1. The number of nitrogens with one attached hydrogen (secondary N) is 2. The maximum absolute atomic E-state index is 11.7. The molecule has 0 atom stereocenters. The molecule has 0 aliphatic rings. The zero-order valence-corrected chi connectivity index (χ0v) is 12.3. The van der Waals surface area contributed by atoms with E-state index >= 15 is 0 Å². The molecule has 6 nitrogen and oxygen atoms in total. The first kappa shape index (κ1) is 16.0. The largest absolute Gasteiger partial charge is 0.424 e. The van der Waals surface area contributed by atoms with E-state index in [1.54, 1.807) is 25.2 Å². The van der Waals surface area contributed by atoms with Crippen LogP contribution < -0.4 is 20.3 Å². The van der Waals surface area contributed by atoms with Gasteiger partial charge < -0.3 is 20.3 Å². The molecule has 0 saturated heterocycles. The van der Waals surface area contributed by atoms with Gasteiger partial charge in [-0.3, -0.25) is 9.59 Å². The Morgan fingerprint density at radius 1 is 1.30 bits per heavy atom. The predicted octanol–water partition coefficient (Wildman–Crippen LogP) is 1.23. The number of hydrogen-bond donors (Lipinski definition) is 2. The summed E-state index contributed by atoms with van der Waals surface area (Å²) in [5.74, 6) is -0.0635. The maximum Gasteiger partial charge on any atom is 0.308 e. The van der Waals surface area contributed by atoms with Crippen LogP contribution in [-0.4, -0.2) is 39.6 Å². The van der Waals surface area contributed by atoms with E-state index < -0.39 is 5.97 Å². The van der Waals surface area contributed by atoms with E-state index in [1.807, 2.05) is 19.0 Å². The average molecular weight is 279 g/mol. The van der Waals surface area contributed by atoms with E-state index in [-0.39, 0.29) is 5.91 Å². The molecule has 0 unspecified atom stereocenters. The van der Waals surface area contributed by atoms with Crippen LogP contribution in [0.1, 0.15) is 13.3 Å². The number of carbonyl (C=O) groups is 2. The molecule has 1 aromatic carbocycles. The van der Waals surface area contributed by atoms with E-state index in [4.69, 9.17) is 4.74 Å². The summed E-state index contributed by atoms with van der Waals surface area (Å²) in [7, 11) is 5.50. The maximum atomic E-state index is 11.7. The lowest BCUT2D eigenvalue weighted by Gasteiger charge is -2.17. The zero-order valence-electron chi connectivity index (χ0n) is 12.3. The minimum absolute atomic E-state index is 0.0919. The molecule has 2 N–H and O–H groups in total. The summed E-state index contributed by atoms with van der Waals surface area (Å²) in [5.41, 5.74) is 1.38. The Morgan fingerprint density at radius 3 is 2.55 bits per heavy atom. The summed E-state index contributed by atoms with van der Waals surface area (Å²) in [4.78, 5) is 24.6. The Kier molecular flexibility index (Phi) is 5.99. The first-order valence-electron chi connectivity index (χ1n) is 6.38. The predicted molar refractivity (Wildman–Crippen MR) is 79.3 cm³/mol. The fourth-order valence-electron chi connectivity index (χ4n) is 1.66. The lowest BCUT2D eigenvalue weighted by atomic mass is 10.2. The molecule has 1 amide bonds. The molecule has 0 aromatic heterocycles. The number of ether oxygens (including phenoxy) is 1. The molecule has 0 aliphatic carbocycles. The Labute approximate surface area is 119 Å². The molecule has 0 radical (unpaired) electrons. The Bertz CT molecular complexity index is 487. The molecule has 0 heterocycles. The van der Waals surface area contributed by atoms with Crippen LogP contribution in [0.4, 0.5) is 11.4 Å². The summed E-state index contributed by atoms with van der Waals surface area (Å²) in [5, 5.41) is 5.68. The van der Waals surface area contributed by atoms with E-state index in [1.165, 1.54) is 6.92 Å². The minimum atomic E-state index is -0.397. The van der Waals surface area contributed by atoms with Crippen molar-refractivity contribution < 1.29 is 14.3 Å². The van der Waals surface area contributed by atoms with Crippen LogP contribution in [0.5, 0.6) is 5.75 Å². The molecule has 0 spiro atoms. The Morgan fingerprint density at radius 2 is 2.00 bits per heavy atom. The van der Waals surface area contributed by atoms with Crippen LogP contribution >= 0.6 is 0 Å². The number of carbonyl (C=O) groups excluding carboxylic acids is 2. The van der Waals surface area contributed by atoms with E-state index in [0.717, 1.165) is 5.69 Å². The van der Waals surface area contributed by atoms with Gasteiger partial charge >= 0.3 is 5.97 Å². The number of anilines is 2. The summed E-state index contributed by atoms with van der Waals surface area (Å²) in [6, 6.07) is 5.22. The zero-order chi connectivity index (χ0) is 15.1. The summed E-state index contributed by atoms with van der Waals surface area (Å²) >= 11 is 0. The van der Waals surface area contributed by atoms with Crippen molar-refractivity contribution in [2.45, 2.75) is 13.3 Å². The lowest BCUT2D eigenvalue weighted by molar-refractivity contribution is -0.131. The highest BCUT2D eigenvalue weighted by atomic mass is 16.5. The van der Waals surface area contributed by atoms with Crippen molar-refractivity contribution in [3.05, 3.63) is 18.2 Å². The van der Waals surface area contributed by atoms with Crippen molar-refractivity contribution in [2.24, 2.45) is 0 Å². The van der Waals surface area contributed by atoms with Crippen LogP contribution in [-0.2, 0) is 9.59 Å². The van der Waals surface area contributed by atoms with Gasteiger partial charge in [0.25, 0.3) is 0 Å². The highest BCUT2D eigenvalue weighted by molar-refractivity contribution is 5.91. The van der Waals surface area contributed by atoms with Crippen molar-refractivity contribution in [1.82, 2.24) is 5.32 Å². The quantitative estimate of drug-likeness (QED) is 0.605. The fraction of sp³-hybridized carbons (Fsp3) is 0.429. The second-order valence-electron chi connectivity index (χ2n) is 4.57. The number of esters is 1. The van der Waals surface area contributed by atoms with Gasteiger partial charge in [-0.2, -0.15) is 0 Å². The molecule has 0 bridgehead atoms. The van der Waals surface area contributed by atoms with Gasteiger partial charge in [-0.1, -0.05) is 0 Å². The molecule has 1 aromatic rings. The SMILES string of the molecule is CNCCC(=O)Nc1ccc(N(C)C)c(OC(C)=O)c1. The molecular formula is C14H21N3O3. The topological polar surface area (TPSA) is 70.7 Å². The average Bonchev–Trinajstić information content (AvgIpc) is 2.35. The molecule has 0 saturated carbocycles. The fourth-order valence-corrected chi connectivity index (χ4v) is 1.66. The van der Waals surface area contributed by atoms with Crippen molar-refractivity contribution >= 4 is 23.3 Å². The molecule has 20 heavy (non-hydrogen) atoms. The van der Waals surface area contributed by atoms with E-state index in [9.17, 15) is 9.59 Å². The van der Waals surface area contributed by atoms with Gasteiger partial charge in [0.2, 0.25) is 5.91 Å². The third-order valence-corrected chi connectivity index (χ3v) is 2.58. The van der Waals surface area contributed by atoms with Crippen molar-refractivity contribution in [3.63, 3.8) is 0 Å². The van der Waals surface area contributed by atoms with E-state index in [2.05, 4.69) is 10.6 Å². The molecule has 1 rings (SSSR count). The molecule has 0 aliphatic heterocycles. The van der Waals surface area contributed by atoms with Gasteiger partial charge in [0, 0.05) is 45.7 Å². The number of benzene rings is 1. The first-order valence-corrected chi connectivity index (χ1v) is 6.38. The summed E-state index contributed by atoms with van der Waals surface area (Å²) in [6.45, 7) is 1.95. The summed E-state index contributed by atoms with van der Waals surface area (Å²) < 4.78 is 5.17. The van der Waals surface area contributed by atoms with Crippen molar-refractivity contribution in [1.29, 1.82) is 0 Å². The lowest BCUT2D eigenvalue weighted by Crippen LogP contribution is -2.19. The number of rotatable bonds is 6. The van der Waals surface area contributed by atoms with Crippen LogP contribution in [0.25, 0.3) is 0 Å². The van der Waals surface area contributed by atoms with Crippen molar-refractivity contribution in [3.8, 4) is 5.75 Å². The highest BCUT2D eigenvalue weighted by Crippen LogP contribution is 2.30. The second-order valence-corrected chi connectivity index (χ2v) is 4.57. The van der Waals surface area contributed by atoms with Crippen LogP contribution in [0.3, 0.4) is 0 Å². The molecule has 0 fully saturated rings. The van der Waals surface area contributed by atoms with Gasteiger partial charge in [-0.25, -0.2) is 0 Å². The third kappa shape index (κ3) is 4.89. The van der Waals surface area contributed by atoms with Crippen LogP contribution in [0.2, 0.25) is 0 Å². The monoisotopic (exact) mass is 279 g/mol. The normalized spacial score (nSPS) is 10.0. The third-order valence-electron chi connectivity index (χ3n) is 2.58. The summed E-state index contributed by atoms with van der Waals surface area (Å²) in [6.07, 6.45) is 0.384. The number of nitrogens with zero attached hydrogens (tertiary/aromatic N) is 1.